The van der Waals surface area contributed by atoms with E-state index in [-0.39, 0.29) is 47.8 Å². The van der Waals surface area contributed by atoms with Crippen LogP contribution in [0.1, 0.15) is 46.1 Å². The zero-order chi connectivity index (χ0) is 23.9. The molecule has 3 aromatic heterocycles. The standard InChI is InChI=1S/C22H22F3N5O4/c1-12-7-15-17(19-14(12)10-30(29-19)9-13-11-32-5-6-33-13)18(22(23,24)25)20(34-15)21(31)28-8-16-26-3-2-4-27-16/h2-4,10,12-13H,5-9,11H2,1H3,(H,28,31)/t12-,13-/m0/s1. The van der Waals surface area contributed by atoms with Gasteiger partial charge in [-0.1, -0.05) is 6.92 Å². The second-order valence-electron chi connectivity index (χ2n) is 8.28. The zero-order valence-corrected chi connectivity index (χ0v) is 18.3. The second kappa shape index (κ2) is 8.84. The van der Waals surface area contributed by atoms with Crippen LogP contribution in [0, 0.1) is 0 Å². The number of fused-ring (bicyclic) bond motifs is 3. The normalized spacial score (nSPS) is 20.0. The maximum absolute atomic E-state index is 14.2. The molecule has 0 aromatic carbocycles. The lowest BCUT2D eigenvalue weighted by atomic mass is 9.86. The number of nitrogens with one attached hydrogen (secondary N) is 1. The molecule has 0 spiro atoms. The summed E-state index contributed by atoms with van der Waals surface area (Å²) in [4.78, 5) is 20.7. The molecule has 1 fully saturated rings. The van der Waals surface area contributed by atoms with E-state index in [1.54, 1.807) is 16.9 Å². The third kappa shape index (κ3) is 4.30. The van der Waals surface area contributed by atoms with Crippen LogP contribution >= 0.6 is 0 Å². The third-order valence-electron chi connectivity index (χ3n) is 5.82. The molecular weight excluding hydrogens is 455 g/mol. The Balaban J connectivity index is 1.49. The average Bonchev–Trinajstić information content (AvgIpc) is 3.41. The van der Waals surface area contributed by atoms with Crippen LogP contribution in [-0.2, 0) is 35.2 Å². The number of hydrogen-bond donors (Lipinski definition) is 1. The minimum atomic E-state index is -4.82. The highest BCUT2D eigenvalue weighted by Gasteiger charge is 2.46. The molecule has 0 saturated carbocycles. The molecule has 4 heterocycles. The summed E-state index contributed by atoms with van der Waals surface area (Å²) in [5, 5.41) is 6.86. The number of nitrogens with zero attached hydrogens (tertiary/aromatic N) is 4. The van der Waals surface area contributed by atoms with Crippen LogP contribution in [0.15, 0.2) is 29.1 Å². The van der Waals surface area contributed by atoms with Gasteiger partial charge in [-0.05, 0) is 12.0 Å². The molecule has 180 valence electrons. The van der Waals surface area contributed by atoms with Crippen molar-refractivity contribution >= 4 is 5.91 Å². The Bertz CT molecular complexity index is 1190. The van der Waals surface area contributed by atoms with Crippen molar-refractivity contribution in [3.8, 4) is 11.3 Å². The first-order valence-electron chi connectivity index (χ1n) is 10.8. The van der Waals surface area contributed by atoms with Crippen molar-refractivity contribution in [3.05, 3.63) is 53.1 Å². The van der Waals surface area contributed by atoms with Gasteiger partial charge in [0.15, 0.2) is 0 Å². The summed E-state index contributed by atoms with van der Waals surface area (Å²) in [5.74, 6) is -1.55. The molecule has 2 aliphatic rings. The van der Waals surface area contributed by atoms with Crippen LogP contribution in [0.3, 0.4) is 0 Å². The Morgan fingerprint density at radius 3 is 2.76 bits per heavy atom. The number of aromatic nitrogens is 4. The number of furan rings is 1. The quantitative estimate of drug-likeness (QED) is 0.603. The molecule has 1 amide bonds. The number of amides is 1. The molecule has 2 atom stereocenters. The zero-order valence-electron chi connectivity index (χ0n) is 18.3. The van der Waals surface area contributed by atoms with Crippen LogP contribution in [0.2, 0.25) is 0 Å². The Labute approximate surface area is 192 Å². The summed E-state index contributed by atoms with van der Waals surface area (Å²) in [7, 11) is 0. The highest BCUT2D eigenvalue weighted by molar-refractivity contribution is 5.96. The van der Waals surface area contributed by atoms with Gasteiger partial charge in [0, 0.05) is 30.6 Å². The number of rotatable bonds is 5. The van der Waals surface area contributed by atoms with E-state index in [9.17, 15) is 18.0 Å². The van der Waals surface area contributed by atoms with E-state index in [4.69, 9.17) is 13.9 Å². The van der Waals surface area contributed by atoms with Gasteiger partial charge >= 0.3 is 6.18 Å². The molecule has 0 bridgehead atoms. The number of ether oxygens (including phenoxy) is 2. The monoisotopic (exact) mass is 477 g/mol. The molecule has 34 heavy (non-hydrogen) atoms. The van der Waals surface area contributed by atoms with E-state index in [1.165, 1.54) is 12.4 Å². The van der Waals surface area contributed by atoms with Crippen molar-refractivity contribution < 1.29 is 31.9 Å². The van der Waals surface area contributed by atoms with E-state index in [2.05, 4.69) is 20.4 Å². The molecule has 0 radical (unpaired) electrons. The summed E-state index contributed by atoms with van der Waals surface area (Å²) in [5.41, 5.74) is -0.460. The predicted molar refractivity (Wildman–Crippen MR) is 111 cm³/mol. The molecule has 1 N–H and O–H groups in total. The average molecular weight is 477 g/mol. The van der Waals surface area contributed by atoms with E-state index in [0.29, 0.717) is 31.9 Å². The Kier molecular flexibility index (Phi) is 5.86. The fraction of sp³-hybridized carbons (Fsp3) is 0.455. The molecule has 3 aromatic rings. The van der Waals surface area contributed by atoms with Crippen molar-refractivity contribution in [2.75, 3.05) is 19.8 Å². The number of halogens is 3. The highest BCUT2D eigenvalue weighted by atomic mass is 19.4. The van der Waals surface area contributed by atoms with E-state index in [1.807, 2.05) is 6.92 Å². The van der Waals surface area contributed by atoms with Crippen molar-refractivity contribution in [2.24, 2.45) is 0 Å². The molecule has 9 nitrogen and oxygen atoms in total. The smallest absolute Gasteiger partial charge is 0.420 e. The Morgan fingerprint density at radius 2 is 2.06 bits per heavy atom. The van der Waals surface area contributed by atoms with Gasteiger partial charge in [0.2, 0.25) is 5.76 Å². The van der Waals surface area contributed by atoms with Gasteiger partial charge in [-0.15, -0.1) is 0 Å². The highest BCUT2D eigenvalue weighted by Crippen LogP contribution is 2.48. The maximum Gasteiger partial charge on any atom is 0.420 e. The molecule has 12 heteroatoms. The lowest BCUT2D eigenvalue weighted by molar-refractivity contribution is -0.137. The van der Waals surface area contributed by atoms with Gasteiger partial charge in [-0.25, -0.2) is 9.97 Å². The van der Waals surface area contributed by atoms with Gasteiger partial charge in [-0.2, -0.15) is 18.3 Å². The largest absolute Gasteiger partial charge is 0.455 e. The molecule has 1 aliphatic carbocycles. The molecule has 0 unspecified atom stereocenters. The number of alkyl halides is 3. The fourth-order valence-corrected chi connectivity index (χ4v) is 4.29. The Morgan fingerprint density at radius 1 is 1.26 bits per heavy atom. The van der Waals surface area contributed by atoms with E-state index < -0.39 is 23.4 Å². The van der Waals surface area contributed by atoms with Crippen LogP contribution in [0.25, 0.3) is 11.3 Å². The van der Waals surface area contributed by atoms with Gasteiger partial charge in [0.25, 0.3) is 5.91 Å². The SMILES string of the molecule is C[C@H]1Cc2oc(C(=O)NCc3ncccn3)c(C(F)(F)F)c2-c2nn(C[C@H]3COCCO3)cc21. The van der Waals surface area contributed by atoms with Crippen LogP contribution < -0.4 is 5.32 Å². The van der Waals surface area contributed by atoms with Crippen LogP contribution in [0.5, 0.6) is 0 Å². The van der Waals surface area contributed by atoms with Crippen LogP contribution in [-0.4, -0.2) is 51.6 Å². The minimum absolute atomic E-state index is 0.0935. The van der Waals surface area contributed by atoms with Gasteiger partial charge in [-0.3, -0.25) is 9.48 Å². The third-order valence-corrected chi connectivity index (χ3v) is 5.82. The van der Waals surface area contributed by atoms with Crippen LogP contribution in [0.4, 0.5) is 13.2 Å². The molecular formula is C22H22F3N5O4. The lowest BCUT2D eigenvalue weighted by Crippen LogP contribution is -2.32. The molecule has 1 saturated heterocycles. The minimum Gasteiger partial charge on any atom is -0.455 e. The second-order valence-corrected chi connectivity index (χ2v) is 8.28. The maximum atomic E-state index is 14.2. The summed E-state index contributed by atoms with van der Waals surface area (Å²) in [6.45, 7) is 3.45. The fourth-order valence-electron chi connectivity index (χ4n) is 4.29. The first kappa shape index (κ1) is 22.5. The Hall–Kier alpha value is -3.25. The predicted octanol–water partition coefficient (Wildman–Crippen LogP) is 2.96. The van der Waals surface area contributed by atoms with Gasteiger partial charge < -0.3 is 19.2 Å². The van der Waals surface area contributed by atoms with E-state index in [0.717, 1.165) is 0 Å². The van der Waals surface area contributed by atoms with Crippen molar-refractivity contribution in [2.45, 2.75) is 44.6 Å². The summed E-state index contributed by atoms with van der Waals surface area (Å²) in [6, 6.07) is 1.60. The van der Waals surface area contributed by atoms with Crippen molar-refractivity contribution in [3.63, 3.8) is 0 Å². The van der Waals surface area contributed by atoms with Gasteiger partial charge in [0.05, 0.1) is 44.2 Å². The van der Waals surface area contributed by atoms with E-state index >= 15 is 0 Å². The summed E-state index contributed by atoms with van der Waals surface area (Å²) < 4.78 is 60.8. The summed E-state index contributed by atoms with van der Waals surface area (Å²) >= 11 is 0. The van der Waals surface area contributed by atoms with Crippen molar-refractivity contribution in [1.82, 2.24) is 25.1 Å². The molecule has 1 aliphatic heterocycles. The number of carbonyl (C=O) groups is 1. The number of carbonyl (C=O) groups excluding carboxylic acids is 1. The van der Waals surface area contributed by atoms with Gasteiger partial charge in [0.1, 0.15) is 23.3 Å². The number of hydrogen-bond acceptors (Lipinski definition) is 7. The molecule has 5 rings (SSSR count). The lowest BCUT2D eigenvalue weighted by Gasteiger charge is -2.22. The summed E-state index contributed by atoms with van der Waals surface area (Å²) in [6.07, 6.45) is -0.154. The topological polar surface area (TPSA) is 104 Å². The first-order chi connectivity index (χ1) is 16.3. The first-order valence-corrected chi connectivity index (χ1v) is 10.8. The van der Waals surface area contributed by atoms with Crippen molar-refractivity contribution in [1.29, 1.82) is 0 Å².